The second-order valence-corrected chi connectivity index (χ2v) is 6.72. The van der Waals surface area contributed by atoms with Gasteiger partial charge >= 0.3 is 5.97 Å². The molecule has 0 aliphatic carbocycles. The van der Waals surface area contributed by atoms with E-state index in [-0.39, 0.29) is 18.1 Å². The molecule has 8 heteroatoms. The quantitative estimate of drug-likeness (QED) is 0.407. The first-order valence-corrected chi connectivity index (χ1v) is 7.52. The summed E-state index contributed by atoms with van der Waals surface area (Å²) in [5, 5.41) is -2.26. The maximum absolute atomic E-state index is 11.9. The minimum Gasteiger partial charge on any atom is -0.461 e. The number of amides is 1. The van der Waals surface area contributed by atoms with Crippen LogP contribution in [0.25, 0.3) is 0 Å². The van der Waals surface area contributed by atoms with Gasteiger partial charge < -0.3 is 4.74 Å². The first-order valence-electron chi connectivity index (χ1n) is 5.37. The van der Waals surface area contributed by atoms with E-state index in [9.17, 15) is 18.0 Å². The van der Waals surface area contributed by atoms with E-state index in [1.54, 1.807) is 6.92 Å². The summed E-state index contributed by atoms with van der Waals surface area (Å²) in [7, 11) is -3.53. The lowest BCUT2D eigenvalue weighted by molar-refractivity contribution is -0.148. The number of hydrogen-bond donors (Lipinski definition) is 0. The van der Waals surface area contributed by atoms with Gasteiger partial charge in [-0.25, -0.2) is 13.2 Å². The van der Waals surface area contributed by atoms with Crippen LogP contribution >= 0.6 is 11.6 Å². The number of rotatable bonds is 2. The number of hydrogen-bond acceptors (Lipinski definition) is 5. The molecule has 0 radical (unpaired) electrons. The number of alkyl halides is 1. The highest BCUT2D eigenvalue weighted by Gasteiger charge is 2.59. The van der Waals surface area contributed by atoms with Crippen LogP contribution in [0, 0.1) is 0 Å². The van der Waals surface area contributed by atoms with Gasteiger partial charge in [0.05, 0.1) is 12.4 Å². The first-order chi connectivity index (χ1) is 8.31. The molecule has 0 aromatic carbocycles. The molecule has 2 atom stereocenters. The second-order valence-electron chi connectivity index (χ2n) is 4.16. The van der Waals surface area contributed by atoms with Crippen molar-refractivity contribution in [2.75, 3.05) is 12.4 Å². The Morgan fingerprint density at radius 3 is 2.72 bits per heavy atom. The van der Waals surface area contributed by atoms with Crippen molar-refractivity contribution in [1.29, 1.82) is 0 Å². The molecule has 1 saturated heterocycles. The number of fused-ring (bicyclic) bond motifs is 1. The topological polar surface area (TPSA) is 80.8 Å². The molecule has 0 N–H and O–H groups in total. The van der Waals surface area contributed by atoms with E-state index in [1.165, 1.54) is 6.92 Å². The molecular formula is C10H12ClNO5S. The highest BCUT2D eigenvalue weighted by atomic mass is 35.5. The van der Waals surface area contributed by atoms with Crippen LogP contribution in [0.15, 0.2) is 11.3 Å². The van der Waals surface area contributed by atoms with Gasteiger partial charge in [0.1, 0.15) is 11.1 Å². The zero-order chi connectivity index (χ0) is 13.7. The highest BCUT2D eigenvalue weighted by Crippen LogP contribution is 2.39. The van der Waals surface area contributed by atoms with Crippen LogP contribution in [0.4, 0.5) is 0 Å². The number of carbonyl (C=O) groups excluding carboxylic acids is 2. The summed E-state index contributed by atoms with van der Waals surface area (Å²) in [5.74, 6) is -1.54. The zero-order valence-corrected chi connectivity index (χ0v) is 11.4. The van der Waals surface area contributed by atoms with Gasteiger partial charge in [0.15, 0.2) is 15.2 Å². The molecule has 2 heterocycles. The molecule has 1 fully saturated rings. The largest absolute Gasteiger partial charge is 0.461 e. The summed E-state index contributed by atoms with van der Waals surface area (Å²) in [5.41, 5.74) is 0.320. The van der Waals surface area contributed by atoms with Gasteiger partial charge in [0.25, 0.3) is 0 Å². The number of carbonyl (C=O) groups is 2. The van der Waals surface area contributed by atoms with Gasteiger partial charge in [-0.1, -0.05) is 0 Å². The standard InChI is InChI=1S/C10H12ClNO5S/c1-3-17-10(14)7-5(2)4-18(15,16)9-6(11)8(13)12(7)9/h6,9H,3-4H2,1-2H3/t6-,9+/m0/s1. The van der Waals surface area contributed by atoms with Gasteiger partial charge in [-0.05, 0) is 19.4 Å². The monoisotopic (exact) mass is 293 g/mol. The average molecular weight is 294 g/mol. The van der Waals surface area contributed by atoms with Crippen LogP contribution in [-0.2, 0) is 24.2 Å². The summed E-state index contributed by atoms with van der Waals surface area (Å²) in [6.45, 7) is 3.28. The van der Waals surface area contributed by atoms with E-state index in [0.717, 1.165) is 4.90 Å². The summed E-state index contributed by atoms with van der Waals surface area (Å²) in [6.07, 6.45) is 0. The maximum atomic E-state index is 11.9. The number of esters is 1. The molecule has 2 aliphatic heterocycles. The van der Waals surface area contributed by atoms with Crippen LogP contribution in [0.3, 0.4) is 0 Å². The lowest BCUT2D eigenvalue weighted by Crippen LogP contribution is -2.68. The molecule has 2 aliphatic rings. The third-order valence-electron chi connectivity index (χ3n) is 2.88. The van der Waals surface area contributed by atoms with Crippen LogP contribution in [0.2, 0.25) is 0 Å². The average Bonchev–Trinajstić information content (AvgIpc) is 2.26. The molecular weight excluding hydrogens is 282 g/mol. The van der Waals surface area contributed by atoms with Crippen molar-refractivity contribution in [2.24, 2.45) is 0 Å². The van der Waals surface area contributed by atoms with Crippen LogP contribution in [0.1, 0.15) is 13.8 Å². The van der Waals surface area contributed by atoms with E-state index in [4.69, 9.17) is 16.3 Å². The Hall–Kier alpha value is -1.08. The summed E-state index contributed by atoms with van der Waals surface area (Å²) in [4.78, 5) is 24.3. The number of sulfone groups is 1. The molecule has 0 unspecified atom stereocenters. The predicted octanol–water partition coefficient (Wildman–Crippen LogP) is 0.0276. The molecule has 0 aromatic rings. The molecule has 6 nitrogen and oxygen atoms in total. The summed E-state index contributed by atoms with van der Waals surface area (Å²) >= 11 is 5.71. The van der Waals surface area contributed by atoms with E-state index in [0.29, 0.717) is 5.57 Å². The molecule has 1 amide bonds. The Kier molecular flexibility index (Phi) is 3.14. The summed E-state index contributed by atoms with van der Waals surface area (Å²) in [6, 6.07) is 0. The van der Waals surface area contributed by atoms with Crippen molar-refractivity contribution in [2.45, 2.75) is 24.6 Å². The number of ether oxygens (including phenoxy) is 1. The number of nitrogens with zero attached hydrogens (tertiary/aromatic N) is 1. The zero-order valence-electron chi connectivity index (χ0n) is 9.84. The lowest BCUT2D eigenvalue weighted by atomic mass is 10.1. The van der Waals surface area contributed by atoms with Crippen molar-refractivity contribution in [3.05, 3.63) is 11.3 Å². The highest BCUT2D eigenvalue weighted by molar-refractivity contribution is 7.92. The van der Waals surface area contributed by atoms with Gasteiger partial charge in [-0.2, -0.15) is 0 Å². The number of halogens is 1. The Morgan fingerprint density at radius 2 is 2.17 bits per heavy atom. The SMILES string of the molecule is CCOC(=O)C1=C(C)CS(=O)(=O)[C@@H]2[C@@H](Cl)C(=O)N12. The van der Waals surface area contributed by atoms with Crippen molar-refractivity contribution in [3.63, 3.8) is 0 Å². The number of β-lactam (4-membered cyclic amide) rings is 1. The molecule has 0 saturated carbocycles. The molecule has 0 aromatic heterocycles. The van der Waals surface area contributed by atoms with Crippen molar-refractivity contribution < 1.29 is 22.7 Å². The van der Waals surface area contributed by atoms with E-state index in [2.05, 4.69) is 0 Å². The van der Waals surface area contributed by atoms with Gasteiger partial charge in [-0.3, -0.25) is 9.69 Å². The van der Waals surface area contributed by atoms with E-state index >= 15 is 0 Å². The van der Waals surface area contributed by atoms with Crippen molar-refractivity contribution >= 4 is 33.3 Å². The Labute approximate surface area is 109 Å². The van der Waals surface area contributed by atoms with Crippen LogP contribution < -0.4 is 0 Å². The van der Waals surface area contributed by atoms with Crippen molar-refractivity contribution in [1.82, 2.24) is 4.90 Å². The van der Waals surface area contributed by atoms with E-state index in [1.807, 2.05) is 0 Å². The first kappa shape index (κ1) is 13.4. The molecule has 0 bridgehead atoms. The molecule has 2 rings (SSSR count). The maximum Gasteiger partial charge on any atom is 0.355 e. The minimum absolute atomic E-state index is 0.0126. The minimum atomic E-state index is -3.53. The molecule has 0 spiro atoms. The fourth-order valence-corrected chi connectivity index (χ4v) is 4.75. The molecule has 18 heavy (non-hydrogen) atoms. The van der Waals surface area contributed by atoms with Crippen LogP contribution in [0.5, 0.6) is 0 Å². The third kappa shape index (κ3) is 1.73. The lowest BCUT2D eigenvalue weighted by Gasteiger charge is -2.46. The van der Waals surface area contributed by atoms with Gasteiger partial charge in [0.2, 0.25) is 5.91 Å². The Balaban J connectivity index is 2.46. The predicted molar refractivity (Wildman–Crippen MR) is 63.4 cm³/mol. The fraction of sp³-hybridized carbons (Fsp3) is 0.600. The Bertz CT molecular complexity index is 553. The van der Waals surface area contributed by atoms with Crippen LogP contribution in [-0.4, -0.2) is 48.3 Å². The summed E-state index contributed by atoms with van der Waals surface area (Å²) < 4.78 is 28.6. The van der Waals surface area contributed by atoms with Gasteiger partial charge in [-0.15, -0.1) is 11.6 Å². The smallest absolute Gasteiger partial charge is 0.355 e. The fourth-order valence-electron chi connectivity index (χ4n) is 2.14. The third-order valence-corrected chi connectivity index (χ3v) is 5.51. The van der Waals surface area contributed by atoms with E-state index < -0.39 is 32.5 Å². The molecule has 100 valence electrons. The normalized spacial score (nSPS) is 29.7. The van der Waals surface area contributed by atoms with Crippen molar-refractivity contribution in [3.8, 4) is 0 Å². The van der Waals surface area contributed by atoms with Gasteiger partial charge in [0, 0.05) is 0 Å². The second kappa shape index (κ2) is 4.24. The Morgan fingerprint density at radius 1 is 1.56 bits per heavy atom.